The van der Waals surface area contributed by atoms with Crippen molar-refractivity contribution in [2.75, 3.05) is 18.8 Å². The quantitative estimate of drug-likeness (QED) is 0.120. The normalized spacial score (nSPS) is 16.9. The van der Waals surface area contributed by atoms with Gasteiger partial charge in [-0.1, -0.05) is 31.7 Å². The Kier molecular flexibility index (Phi) is 10.7. The Morgan fingerprint density at radius 1 is 1.13 bits per heavy atom. The predicted octanol–water partition coefficient (Wildman–Crippen LogP) is 4.22. The van der Waals surface area contributed by atoms with Crippen molar-refractivity contribution in [3.05, 3.63) is 100 Å². The van der Waals surface area contributed by atoms with Crippen molar-refractivity contribution in [3.63, 3.8) is 0 Å². The lowest BCUT2D eigenvalue weighted by Gasteiger charge is -2.27. The highest BCUT2D eigenvalue weighted by atomic mass is 32.2. The molecule has 4 aromatic rings. The van der Waals surface area contributed by atoms with Crippen molar-refractivity contribution >= 4 is 15.8 Å². The summed E-state index contributed by atoms with van der Waals surface area (Å²) >= 11 is 0. The number of H-pyrrole nitrogens is 1. The third-order valence-corrected chi connectivity index (χ3v) is 9.21. The number of hydrogen-bond acceptors (Lipinski definition) is 8. The van der Waals surface area contributed by atoms with Gasteiger partial charge in [-0.25, -0.2) is 4.79 Å². The summed E-state index contributed by atoms with van der Waals surface area (Å²) in [5, 5.41) is 13.3. The Bertz CT molecular complexity index is 1700. The molecule has 240 valence electrons. The van der Waals surface area contributed by atoms with E-state index in [1.165, 1.54) is 37.8 Å². The number of nitrogen functional groups attached to an aromatic ring is 1. The fourth-order valence-electron chi connectivity index (χ4n) is 5.56. The summed E-state index contributed by atoms with van der Waals surface area (Å²) in [6.45, 7) is 0.955. The van der Waals surface area contributed by atoms with Gasteiger partial charge in [0.1, 0.15) is 11.9 Å². The van der Waals surface area contributed by atoms with Crippen LogP contribution in [0.1, 0.15) is 61.4 Å². The SMILES string of the molecule is Nc1ccc(-n2cc(CCCC3CCC3)[nH]c2=O)cc1.O=S(=O)(O)c1ccc2c(c1)CCC(CNCC(O)c1cccnc1)O2. The Morgan fingerprint density at radius 2 is 1.93 bits per heavy atom. The zero-order valence-electron chi connectivity index (χ0n) is 25.1. The van der Waals surface area contributed by atoms with Crippen LogP contribution in [0.15, 0.2) is 82.9 Å². The van der Waals surface area contributed by atoms with Crippen molar-refractivity contribution in [3.8, 4) is 11.4 Å². The van der Waals surface area contributed by atoms with Crippen LogP contribution in [0.5, 0.6) is 5.75 Å². The topological polar surface area (TPSA) is 173 Å². The van der Waals surface area contributed by atoms with Crippen LogP contribution < -0.4 is 21.5 Å². The molecule has 11 nitrogen and oxygen atoms in total. The number of aliphatic hydroxyl groups is 1. The summed E-state index contributed by atoms with van der Waals surface area (Å²) in [5.41, 5.74) is 9.69. The number of anilines is 1. The van der Waals surface area contributed by atoms with Gasteiger partial charge in [-0.3, -0.25) is 14.1 Å². The number of imidazole rings is 1. The molecule has 6 N–H and O–H groups in total. The number of pyridine rings is 1. The Hall–Kier alpha value is -3.97. The number of hydrogen-bond donors (Lipinski definition) is 5. The molecule has 0 amide bonds. The van der Waals surface area contributed by atoms with E-state index < -0.39 is 16.2 Å². The van der Waals surface area contributed by atoms with E-state index in [0.717, 1.165) is 47.7 Å². The van der Waals surface area contributed by atoms with E-state index in [1.807, 2.05) is 36.5 Å². The number of benzene rings is 2. The number of aliphatic hydroxyl groups excluding tert-OH is 1. The zero-order chi connectivity index (χ0) is 31.8. The second kappa shape index (κ2) is 14.9. The highest BCUT2D eigenvalue weighted by Crippen LogP contribution is 2.31. The number of fused-ring (bicyclic) bond motifs is 1. The van der Waals surface area contributed by atoms with Gasteiger partial charge in [0.25, 0.3) is 10.1 Å². The fourth-order valence-corrected chi connectivity index (χ4v) is 6.09. The van der Waals surface area contributed by atoms with E-state index in [1.54, 1.807) is 29.1 Å². The molecule has 45 heavy (non-hydrogen) atoms. The summed E-state index contributed by atoms with van der Waals surface area (Å²) in [5.74, 6) is 1.55. The number of nitrogens with two attached hydrogens (primary N) is 1. The molecule has 2 atom stereocenters. The van der Waals surface area contributed by atoms with Gasteiger partial charge in [-0.15, -0.1) is 0 Å². The van der Waals surface area contributed by atoms with E-state index in [0.29, 0.717) is 30.9 Å². The molecule has 2 aromatic heterocycles. The third kappa shape index (κ3) is 9.04. The van der Waals surface area contributed by atoms with Crippen LogP contribution in [0.2, 0.25) is 0 Å². The lowest BCUT2D eigenvalue weighted by molar-refractivity contribution is 0.146. The predicted molar refractivity (Wildman–Crippen MR) is 172 cm³/mol. The fraction of sp³-hybridized carbons (Fsp3) is 0.394. The van der Waals surface area contributed by atoms with E-state index in [4.69, 9.17) is 15.0 Å². The Morgan fingerprint density at radius 3 is 2.62 bits per heavy atom. The van der Waals surface area contributed by atoms with Crippen molar-refractivity contribution in [1.82, 2.24) is 19.9 Å². The molecule has 1 aliphatic carbocycles. The maximum atomic E-state index is 12.0. The molecular formula is C33H41N5O6S. The molecule has 0 saturated heterocycles. The Labute approximate surface area is 263 Å². The summed E-state index contributed by atoms with van der Waals surface area (Å²) < 4.78 is 39.0. The Balaban J connectivity index is 0.000000182. The molecule has 0 bridgehead atoms. The maximum absolute atomic E-state index is 12.0. The second-order valence-electron chi connectivity index (χ2n) is 11.7. The lowest BCUT2D eigenvalue weighted by Crippen LogP contribution is -2.36. The number of aryl methyl sites for hydroxylation is 2. The average molecular weight is 636 g/mol. The van der Waals surface area contributed by atoms with Crippen molar-refractivity contribution in [2.24, 2.45) is 5.92 Å². The van der Waals surface area contributed by atoms with Gasteiger partial charge in [-0.2, -0.15) is 8.42 Å². The molecule has 0 radical (unpaired) electrons. The molecule has 1 saturated carbocycles. The van der Waals surface area contributed by atoms with E-state index >= 15 is 0 Å². The van der Waals surface area contributed by atoms with Gasteiger partial charge in [0.2, 0.25) is 0 Å². The monoisotopic (exact) mass is 635 g/mol. The minimum absolute atomic E-state index is 0.0646. The van der Waals surface area contributed by atoms with Gasteiger partial charge in [-0.05, 0) is 85.7 Å². The summed E-state index contributed by atoms with van der Waals surface area (Å²) in [7, 11) is -4.20. The van der Waals surface area contributed by atoms with Crippen LogP contribution in [0, 0.1) is 5.92 Å². The lowest BCUT2D eigenvalue weighted by atomic mass is 9.82. The molecule has 3 heterocycles. The third-order valence-electron chi connectivity index (χ3n) is 8.36. The van der Waals surface area contributed by atoms with Gasteiger partial charge < -0.3 is 25.9 Å². The highest BCUT2D eigenvalue weighted by Gasteiger charge is 2.22. The molecule has 6 rings (SSSR count). The van der Waals surface area contributed by atoms with E-state index in [-0.39, 0.29) is 16.7 Å². The van der Waals surface area contributed by atoms with E-state index in [9.17, 15) is 18.3 Å². The largest absolute Gasteiger partial charge is 0.489 e. The summed E-state index contributed by atoms with van der Waals surface area (Å²) in [6, 6.07) is 15.3. The number of rotatable bonds is 11. The van der Waals surface area contributed by atoms with Crippen LogP contribution in [-0.2, 0) is 23.0 Å². The first-order chi connectivity index (χ1) is 21.7. The van der Waals surface area contributed by atoms with Crippen molar-refractivity contribution < 1.29 is 22.8 Å². The first-order valence-corrected chi connectivity index (χ1v) is 16.8. The van der Waals surface area contributed by atoms with Crippen LogP contribution in [0.25, 0.3) is 5.69 Å². The molecule has 12 heteroatoms. The second-order valence-corrected chi connectivity index (χ2v) is 13.1. The molecular weight excluding hydrogens is 594 g/mol. The zero-order valence-corrected chi connectivity index (χ0v) is 26.0. The minimum Gasteiger partial charge on any atom is -0.489 e. The first-order valence-electron chi connectivity index (χ1n) is 15.4. The standard InChI is InChI=1S/C17H20N2O5S.C16H21N3O/c20-16(13-2-1-7-18-9-13)11-19-10-14-4-3-12-8-15(25(21,22)23)5-6-17(12)24-14;17-13-7-9-15(10-8-13)19-11-14(18-16(19)20)6-2-5-12-3-1-4-12/h1-2,5-9,14,16,19-20H,3-4,10-11H2,(H,21,22,23);7-12H,1-6,17H2,(H,18,20). The average Bonchev–Trinajstić information content (AvgIpc) is 3.38. The van der Waals surface area contributed by atoms with Crippen molar-refractivity contribution in [1.29, 1.82) is 0 Å². The van der Waals surface area contributed by atoms with Gasteiger partial charge in [0.15, 0.2) is 0 Å². The van der Waals surface area contributed by atoms with E-state index in [2.05, 4.69) is 15.3 Å². The molecule has 1 fully saturated rings. The van der Waals surface area contributed by atoms with Gasteiger partial charge >= 0.3 is 5.69 Å². The summed E-state index contributed by atoms with van der Waals surface area (Å²) in [4.78, 5) is 18.8. The molecule has 0 spiro atoms. The summed E-state index contributed by atoms with van der Waals surface area (Å²) in [6.07, 6.45) is 13.5. The highest BCUT2D eigenvalue weighted by molar-refractivity contribution is 7.85. The molecule has 2 aromatic carbocycles. The van der Waals surface area contributed by atoms with Crippen LogP contribution in [0.3, 0.4) is 0 Å². The number of nitrogens with one attached hydrogen (secondary N) is 2. The maximum Gasteiger partial charge on any atom is 0.330 e. The molecule has 1 aliphatic heterocycles. The minimum atomic E-state index is -4.20. The van der Waals surface area contributed by atoms with Crippen LogP contribution >= 0.6 is 0 Å². The first kappa shape index (κ1) is 32.4. The van der Waals surface area contributed by atoms with Crippen molar-refractivity contribution in [2.45, 2.75) is 68.5 Å². The molecule has 2 unspecified atom stereocenters. The van der Waals surface area contributed by atoms with Gasteiger partial charge in [0, 0.05) is 48.6 Å². The number of ether oxygens (including phenoxy) is 1. The number of nitrogens with zero attached hydrogens (tertiary/aromatic N) is 2. The number of aromatic nitrogens is 3. The van der Waals surface area contributed by atoms with Crippen LogP contribution in [-0.4, -0.2) is 51.8 Å². The number of aromatic amines is 1. The smallest absolute Gasteiger partial charge is 0.330 e. The van der Waals surface area contributed by atoms with Crippen LogP contribution in [0.4, 0.5) is 5.69 Å². The molecule has 2 aliphatic rings. The van der Waals surface area contributed by atoms with Gasteiger partial charge in [0.05, 0.1) is 16.7 Å².